The van der Waals surface area contributed by atoms with E-state index >= 15 is 0 Å². The van der Waals surface area contributed by atoms with Gasteiger partial charge in [-0.1, -0.05) is 6.92 Å². The Kier molecular flexibility index (Phi) is 4.16. The van der Waals surface area contributed by atoms with Gasteiger partial charge in [-0.2, -0.15) is 0 Å². The monoisotopic (exact) mass is 279 g/mol. The summed E-state index contributed by atoms with van der Waals surface area (Å²) < 4.78 is 5.58. The lowest BCUT2D eigenvalue weighted by Crippen LogP contribution is -2.49. The number of piperidine rings is 1. The van der Waals surface area contributed by atoms with E-state index in [-0.39, 0.29) is 11.9 Å². The number of likely N-dealkylation sites (tertiary alicyclic amines) is 1. The molecule has 2 rings (SSSR count). The number of aliphatic carboxylic acids is 1. The van der Waals surface area contributed by atoms with Crippen LogP contribution in [0.2, 0.25) is 0 Å². The van der Waals surface area contributed by atoms with E-state index in [0.717, 1.165) is 17.7 Å². The third kappa shape index (κ3) is 2.57. The highest BCUT2D eigenvalue weighted by Crippen LogP contribution is 2.26. The summed E-state index contributed by atoms with van der Waals surface area (Å²) >= 11 is 0. The number of carbonyl (C=O) groups excluding carboxylic acids is 1. The summed E-state index contributed by atoms with van der Waals surface area (Å²) in [6, 6.07) is 1.45. The van der Waals surface area contributed by atoms with Crippen molar-refractivity contribution in [3.8, 4) is 0 Å². The number of rotatable bonds is 3. The molecule has 1 aromatic heterocycles. The fourth-order valence-electron chi connectivity index (χ4n) is 2.88. The molecule has 1 fully saturated rings. The van der Waals surface area contributed by atoms with Crippen LogP contribution in [-0.2, 0) is 11.2 Å². The van der Waals surface area contributed by atoms with Gasteiger partial charge in [0.25, 0.3) is 5.91 Å². The minimum atomic E-state index is -0.833. The maximum Gasteiger partial charge on any atom is 0.308 e. The van der Waals surface area contributed by atoms with Crippen molar-refractivity contribution < 1.29 is 19.1 Å². The maximum atomic E-state index is 12.5. The predicted molar refractivity (Wildman–Crippen MR) is 73.7 cm³/mol. The summed E-state index contributed by atoms with van der Waals surface area (Å²) in [6.45, 7) is 6.28. The Labute approximate surface area is 118 Å². The number of hydrogen-bond acceptors (Lipinski definition) is 3. The summed E-state index contributed by atoms with van der Waals surface area (Å²) in [5, 5.41) is 9.20. The molecule has 1 aliphatic heterocycles. The van der Waals surface area contributed by atoms with E-state index in [1.807, 2.05) is 13.8 Å². The first-order chi connectivity index (χ1) is 9.45. The Bertz CT molecular complexity index is 520. The minimum Gasteiger partial charge on any atom is -0.481 e. The van der Waals surface area contributed by atoms with Crippen molar-refractivity contribution in [2.45, 2.75) is 46.1 Å². The molecular weight excluding hydrogens is 258 g/mol. The van der Waals surface area contributed by atoms with Crippen LogP contribution < -0.4 is 0 Å². The third-order valence-electron chi connectivity index (χ3n) is 4.12. The number of furan rings is 1. The molecule has 0 spiro atoms. The van der Waals surface area contributed by atoms with E-state index < -0.39 is 11.9 Å². The van der Waals surface area contributed by atoms with Gasteiger partial charge in [-0.05, 0) is 38.3 Å². The summed E-state index contributed by atoms with van der Waals surface area (Å²) in [6.07, 6.45) is 2.08. The van der Waals surface area contributed by atoms with Gasteiger partial charge in [0.15, 0.2) is 5.76 Å². The molecule has 2 heterocycles. The zero-order valence-electron chi connectivity index (χ0n) is 12.2. The number of hydrogen-bond donors (Lipinski definition) is 1. The van der Waals surface area contributed by atoms with Crippen molar-refractivity contribution in [3.05, 3.63) is 23.2 Å². The molecule has 0 aromatic carbocycles. The molecule has 0 unspecified atom stereocenters. The third-order valence-corrected chi connectivity index (χ3v) is 4.12. The van der Waals surface area contributed by atoms with Crippen LogP contribution in [0.5, 0.6) is 0 Å². The smallest absolute Gasteiger partial charge is 0.308 e. The van der Waals surface area contributed by atoms with Crippen molar-refractivity contribution in [1.29, 1.82) is 0 Å². The lowest BCUT2D eigenvalue weighted by molar-refractivity contribution is -0.145. The molecule has 2 atom stereocenters. The van der Waals surface area contributed by atoms with Gasteiger partial charge < -0.3 is 14.4 Å². The lowest BCUT2D eigenvalue weighted by Gasteiger charge is -2.36. The van der Waals surface area contributed by atoms with Crippen LogP contribution in [0.4, 0.5) is 0 Å². The molecule has 1 saturated heterocycles. The molecule has 1 aliphatic rings. The zero-order chi connectivity index (χ0) is 14.9. The van der Waals surface area contributed by atoms with Crippen LogP contribution in [0.25, 0.3) is 0 Å². The molecule has 1 aromatic rings. The van der Waals surface area contributed by atoms with Gasteiger partial charge in [0.05, 0.1) is 5.92 Å². The SMILES string of the molecule is CCc1oc(C(=O)N2CCC[C@H](C(=O)O)[C@@H]2C)cc1C. The fraction of sp³-hybridized carbons (Fsp3) is 0.600. The molecule has 110 valence electrons. The first kappa shape index (κ1) is 14.6. The highest BCUT2D eigenvalue weighted by atomic mass is 16.4. The fourth-order valence-corrected chi connectivity index (χ4v) is 2.88. The number of nitrogens with zero attached hydrogens (tertiary/aromatic N) is 1. The van der Waals surface area contributed by atoms with Gasteiger partial charge in [0.1, 0.15) is 5.76 Å². The van der Waals surface area contributed by atoms with Gasteiger partial charge >= 0.3 is 5.97 Å². The molecule has 1 N–H and O–H groups in total. The molecular formula is C15H21NO4. The number of carbonyl (C=O) groups is 2. The molecule has 0 aliphatic carbocycles. The van der Waals surface area contributed by atoms with Crippen LogP contribution in [0.1, 0.15) is 48.6 Å². The minimum absolute atomic E-state index is 0.203. The van der Waals surface area contributed by atoms with E-state index in [9.17, 15) is 14.7 Å². The first-order valence-corrected chi connectivity index (χ1v) is 7.08. The van der Waals surface area contributed by atoms with E-state index in [1.54, 1.807) is 17.9 Å². The summed E-state index contributed by atoms with van der Waals surface area (Å²) in [5.74, 6) is -0.398. The normalized spacial score (nSPS) is 22.9. The summed E-state index contributed by atoms with van der Waals surface area (Å²) in [7, 11) is 0. The average Bonchev–Trinajstić information content (AvgIpc) is 2.79. The molecule has 0 radical (unpaired) electrons. The van der Waals surface area contributed by atoms with Gasteiger partial charge in [-0.15, -0.1) is 0 Å². The Hall–Kier alpha value is -1.78. The lowest BCUT2D eigenvalue weighted by atomic mass is 9.90. The van der Waals surface area contributed by atoms with E-state index in [2.05, 4.69) is 0 Å². The second-order valence-corrected chi connectivity index (χ2v) is 5.40. The average molecular weight is 279 g/mol. The van der Waals surface area contributed by atoms with Crippen molar-refractivity contribution in [3.63, 3.8) is 0 Å². The molecule has 20 heavy (non-hydrogen) atoms. The van der Waals surface area contributed by atoms with Crippen LogP contribution >= 0.6 is 0 Å². The topological polar surface area (TPSA) is 70.8 Å². The van der Waals surface area contributed by atoms with Crippen molar-refractivity contribution in [1.82, 2.24) is 4.90 Å². The Morgan fingerprint density at radius 2 is 2.20 bits per heavy atom. The molecule has 5 heteroatoms. The van der Waals surface area contributed by atoms with Crippen LogP contribution in [0.15, 0.2) is 10.5 Å². The standard InChI is InChI=1S/C15H21NO4/c1-4-12-9(2)8-13(20-12)14(17)16-7-5-6-11(10(16)3)15(18)19/h8,10-11H,4-7H2,1-3H3,(H,18,19)/t10-,11-/m0/s1. The Morgan fingerprint density at radius 3 is 2.75 bits per heavy atom. The number of carboxylic acids is 1. The number of aryl methyl sites for hydroxylation is 2. The van der Waals surface area contributed by atoms with Crippen LogP contribution in [0, 0.1) is 12.8 Å². The van der Waals surface area contributed by atoms with Gasteiger partial charge in [-0.25, -0.2) is 0 Å². The Morgan fingerprint density at radius 1 is 1.50 bits per heavy atom. The number of carboxylic acid groups (broad SMARTS) is 1. The second-order valence-electron chi connectivity index (χ2n) is 5.40. The van der Waals surface area contributed by atoms with Crippen LogP contribution in [0.3, 0.4) is 0 Å². The maximum absolute atomic E-state index is 12.5. The highest BCUT2D eigenvalue weighted by Gasteiger charge is 2.36. The van der Waals surface area contributed by atoms with Crippen molar-refractivity contribution in [2.75, 3.05) is 6.54 Å². The summed E-state index contributed by atoms with van der Waals surface area (Å²) in [4.78, 5) is 25.3. The van der Waals surface area contributed by atoms with Gasteiger partial charge in [-0.3, -0.25) is 9.59 Å². The quantitative estimate of drug-likeness (QED) is 0.922. The molecule has 0 bridgehead atoms. The summed E-state index contributed by atoms with van der Waals surface area (Å²) in [5.41, 5.74) is 0.968. The first-order valence-electron chi connectivity index (χ1n) is 7.08. The van der Waals surface area contributed by atoms with Crippen molar-refractivity contribution >= 4 is 11.9 Å². The van der Waals surface area contributed by atoms with Gasteiger partial charge in [0.2, 0.25) is 0 Å². The van der Waals surface area contributed by atoms with E-state index in [0.29, 0.717) is 25.1 Å². The largest absolute Gasteiger partial charge is 0.481 e. The van der Waals surface area contributed by atoms with Crippen LogP contribution in [-0.4, -0.2) is 34.5 Å². The Balaban J connectivity index is 2.21. The predicted octanol–water partition coefficient (Wildman–Crippen LogP) is 2.48. The van der Waals surface area contributed by atoms with Gasteiger partial charge in [0, 0.05) is 19.0 Å². The second kappa shape index (κ2) is 5.69. The number of amides is 1. The molecule has 5 nitrogen and oxygen atoms in total. The van der Waals surface area contributed by atoms with E-state index in [1.165, 1.54) is 0 Å². The van der Waals surface area contributed by atoms with Crippen molar-refractivity contribution in [2.24, 2.45) is 5.92 Å². The zero-order valence-corrected chi connectivity index (χ0v) is 12.2. The molecule has 1 amide bonds. The van der Waals surface area contributed by atoms with E-state index in [4.69, 9.17) is 4.42 Å². The molecule has 0 saturated carbocycles. The highest BCUT2D eigenvalue weighted by molar-refractivity contribution is 5.92.